The molecule has 2 aromatic rings. The average molecular weight is 382 g/mol. The van der Waals surface area contributed by atoms with Crippen molar-refractivity contribution >= 4 is 39.6 Å². The Morgan fingerprint density at radius 2 is 1.80 bits per heavy atom. The van der Waals surface area contributed by atoms with Crippen molar-refractivity contribution in [3.8, 4) is 0 Å². The summed E-state index contributed by atoms with van der Waals surface area (Å²) in [6.07, 6.45) is 0. The number of hydrogen-bond acceptors (Lipinski definition) is 3. The summed E-state index contributed by atoms with van der Waals surface area (Å²) in [5, 5.41) is 3.10. The van der Waals surface area contributed by atoms with Crippen LogP contribution in [0.4, 0.5) is 9.39 Å². The van der Waals surface area contributed by atoms with Gasteiger partial charge in [-0.3, -0.25) is 9.59 Å². The van der Waals surface area contributed by atoms with E-state index in [-0.39, 0.29) is 21.8 Å². The standard InChI is InChI=1S/C19H21ClFNO2S/c1-9-7-13(19(4,5)6)14(20)8-12(9)17(24)22-18-15(21)10(2)16(25-18)11(3)23/h7-8H,1-6H3,(H,22,24). The smallest absolute Gasteiger partial charge is 0.256 e. The lowest BCUT2D eigenvalue weighted by Gasteiger charge is -2.22. The second-order valence-electron chi connectivity index (χ2n) is 7.11. The molecule has 1 aromatic heterocycles. The molecule has 0 aliphatic heterocycles. The van der Waals surface area contributed by atoms with Gasteiger partial charge in [-0.2, -0.15) is 0 Å². The summed E-state index contributed by atoms with van der Waals surface area (Å²) >= 11 is 7.28. The van der Waals surface area contributed by atoms with Gasteiger partial charge in [0.15, 0.2) is 11.6 Å². The molecule has 0 aliphatic carbocycles. The quantitative estimate of drug-likeness (QED) is 0.671. The van der Waals surface area contributed by atoms with Crippen LogP contribution in [0.25, 0.3) is 0 Å². The van der Waals surface area contributed by atoms with Crippen LogP contribution in [0.1, 0.15) is 64.4 Å². The van der Waals surface area contributed by atoms with Crippen LogP contribution >= 0.6 is 22.9 Å². The number of anilines is 1. The molecule has 0 fully saturated rings. The van der Waals surface area contributed by atoms with Gasteiger partial charge in [-0.05, 0) is 43.4 Å². The fourth-order valence-electron chi connectivity index (χ4n) is 2.58. The topological polar surface area (TPSA) is 46.2 Å². The van der Waals surface area contributed by atoms with E-state index in [1.54, 1.807) is 6.07 Å². The number of aryl methyl sites for hydroxylation is 1. The van der Waals surface area contributed by atoms with Crippen molar-refractivity contribution in [2.24, 2.45) is 0 Å². The van der Waals surface area contributed by atoms with Gasteiger partial charge in [-0.15, -0.1) is 11.3 Å². The van der Waals surface area contributed by atoms with Crippen LogP contribution in [0.5, 0.6) is 0 Å². The van der Waals surface area contributed by atoms with Gasteiger partial charge in [0.1, 0.15) is 5.00 Å². The van der Waals surface area contributed by atoms with Crippen molar-refractivity contribution in [3.63, 3.8) is 0 Å². The van der Waals surface area contributed by atoms with Gasteiger partial charge in [0.05, 0.1) is 4.88 Å². The minimum atomic E-state index is -0.571. The fourth-order valence-corrected chi connectivity index (χ4v) is 4.01. The van der Waals surface area contributed by atoms with E-state index in [4.69, 9.17) is 11.6 Å². The molecule has 1 amide bonds. The number of Topliss-reactive ketones (excluding diaryl/α,β-unsaturated/α-hetero) is 1. The minimum absolute atomic E-state index is 0.0446. The summed E-state index contributed by atoms with van der Waals surface area (Å²) in [4.78, 5) is 24.4. The second kappa shape index (κ2) is 6.89. The summed E-state index contributed by atoms with van der Waals surface area (Å²) < 4.78 is 14.3. The van der Waals surface area contributed by atoms with Gasteiger partial charge in [-0.25, -0.2) is 4.39 Å². The summed E-state index contributed by atoms with van der Waals surface area (Å²) in [5.74, 6) is -1.25. The molecule has 25 heavy (non-hydrogen) atoms. The van der Waals surface area contributed by atoms with Crippen molar-refractivity contribution in [3.05, 3.63) is 50.1 Å². The van der Waals surface area contributed by atoms with Gasteiger partial charge in [-0.1, -0.05) is 38.4 Å². The van der Waals surface area contributed by atoms with Crippen molar-refractivity contribution in [1.82, 2.24) is 0 Å². The highest BCUT2D eigenvalue weighted by Gasteiger charge is 2.23. The van der Waals surface area contributed by atoms with Crippen molar-refractivity contribution in [2.45, 2.75) is 47.0 Å². The number of benzene rings is 1. The predicted octanol–water partition coefficient (Wildman–Crippen LogP) is 5.91. The van der Waals surface area contributed by atoms with E-state index in [0.29, 0.717) is 15.5 Å². The molecule has 0 radical (unpaired) electrons. The van der Waals surface area contributed by atoms with E-state index in [2.05, 4.69) is 5.32 Å². The highest BCUT2D eigenvalue weighted by atomic mass is 35.5. The molecule has 6 heteroatoms. The summed E-state index contributed by atoms with van der Waals surface area (Å²) in [6, 6.07) is 3.49. The zero-order valence-corrected chi connectivity index (χ0v) is 16.7. The minimum Gasteiger partial charge on any atom is -0.311 e. The van der Waals surface area contributed by atoms with Gasteiger partial charge in [0.2, 0.25) is 0 Å². The highest BCUT2D eigenvalue weighted by Crippen LogP contribution is 2.34. The average Bonchev–Trinajstić information content (AvgIpc) is 2.76. The molecule has 1 N–H and O–H groups in total. The lowest BCUT2D eigenvalue weighted by atomic mass is 9.85. The second-order valence-corrected chi connectivity index (χ2v) is 8.53. The lowest BCUT2D eigenvalue weighted by Crippen LogP contribution is -2.17. The van der Waals surface area contributed by atoms with Crippen LogP contribution in [-0.2, 0) is 5.41 Å². The number of carbonyl (C=O) groups is 2. The Bertz CT molecular complexity index is 865. The maximum Gasteiger partial charge on any atom is 0.256 e. The molecule has 0 bridgehead atoms. The molecule has 0 spiro atoms. The summed E-state index contributed by atoms with van der Waals surface area (Å²) in [5.41, 5.74) is 2.19. The third-order valence-corrected chi connectivity index (χ3v) is 5.58. The Morgan fingerprint density at radius 1 is 1.20 bits per heavy atom. The molecule has 0 atom stereocenters. The third-order valence-electron chi connectivity index (χ3n) is 3.99. The molecular formula is C19H21ClFNO2S. The zero-order chi connectivity index (χ0) is 19.1. The third kappa shape index (κ3) is 3.93. The SMILES string of the molecule is CC(=O)c1sc(NC(=O)c2cc(Cl)c(C(C)(C)C)cc2C)c(F)c1C. The number of halogens is 2. The van der Waals surface area contributed by atoms with Gasteiger partial charge < -0.3 is 5.32 Å². The van der Waals surface area contributed by atoms with Crippen LogP contribution in [0.3, 0.4) is 0 Å². The maximum absolute atomic E-state index is 14.3. The maximum atomic E-state index is 14.3. The Hall–Kier alpha value is -1.72. The lowest BCUT2D eigenvalue weighted by molar-refractivity contribution is 0.101. The van der Waals surface area contributed by atoms with Crippen LogP contribution in [0.2, 0.25) is 5.02 Å². The van der Waals surface area contributed by atoms with Crippen LogP contribution in [0, 0.1) is 19.7 Å². The Kier molecular flexibility index (Phi) is 5.40. The first kappa shape index (κ1) is 19.6. The number of hydrogen-bond donors (Lipinski definition) is 1. The number of rotatable bonds is 3. The number of carbonyl (C=O) groups excluding carboxylic acids is 2. The molecular weight excluding hydrogens is 361 g/mol. The summed E-state index contributed by atoms with van der Waals surface area (Å²) in [6.45, 7) is 10.8. The van der Waals surface area contributed by atoms with Gasteiger partial charge >= 0.3 is 0 Å². The monoisotopic (exact) mass is 381 g/mol. The van der Waals surface area contributed by atoms with E-state index in [1.807, 2.05) is 33.8 Å². The van der Waals surface area contributed by atoms with E-state index in [0.717, 1.165) is 22.5 Å². The molecule has 0 unspecified atom stereocenters. The van der Waals surface area contributed by atoms with E-state index in [9.17, 15) is 14.0 Å². The van der Waals surface area contributed by atoms with E-state index in [1.165, 1.54) is 13.8 Å². The molecule has 3 nitrogen and oxygen atoms in total. The zero-order valence-electron chi connectivity index (χ0n) is 15.1. The normalized spacial score (nSPS) is 11.5. The highest BCUT2D eigenvalue weighted by molar-refractivity contribution is 7.18. The van der Waals surface area contributed by atoms with Crippen molar-refractivity contribution in [2.75, 3.05) is 5.32 Å². The number of thiophene rings is 1. The largest absolute Gasteiger partial charge is 0.311 e. The van der Waals surface area contributed by atoms with Crippen LogP contribution in [-0.4, -0.2) is 11.7 Å². The van der Waals surface area contributed by atoms with E-state index >= 15 is 0 Å². The van der Waals surface area contributed by atoms with Gasteiger partial charge in [0.25, 0.3) is 5.91 Å². The van der Waals surface area contributed by atoms with Crippen molar-refractivity contribution in [1.29, 1.82) is 0 Å². The summed E-state index contributed by atoms with van der Waals surface area (Å²) in [7, 11) is 0. The molecule has 2 rings (SSSR count). The Morgan fingerprint density at radius 3 is 2.28 bits per heavy atom. The fraction of sp³-hybridized carbons (Fsp3) is 0.368. The molecule has 1 aromatic carbocycles. The molecule has 0 saturated carbocycles. The molecule has 0 saturated heterocycles. The first-order valence-electron chi connectivity index (χ1n) is 7.85. The van der Waals surface area contributed by atoms with Crippen molar-refractivity contribution < 1.29 is 14.0 Å². The van der Waals surface area contributed by atoms with Gasteiger partial charge in [0, 0.05) is 16.1 Å². The number of amides is 1. The van der Waals surface area contributed by atoms with Crippen LogP contribution in [0.15, 0.2) is 12.1 Å². The first-order chi connectivity index (χ1) is 11.4. The predicted molar refractivity (Wildman–Crippen MR) is 102 cm³/mol. The molecule has 134 valence electrons. The number of nitrogens with one attached hydrogen (secondary N) is 1. The molecule has 1 heterocycles. The molecule has 0 aliphatic rings. The van der Waals surface area contributed by atoms with Crippen LogP contribution < -0.4 is 5.32 Å². The Labute approximate surface area is 156 Å². The number of ketones is 1. The Balaban J connectivity index is 2.38. The van der Waals surface area contributed by atoms with E-state index < -0.39 is 11.7 Å². The first-order valence-corrected chi connectivity index (χ1v) is 9.04.